The Bertz CT molecular complexity index is 1090. The van der Waals surface area contributed by atoms with E-state index in [-0.39, 0.29) is 5.91 Å². The number of fused-ring (bicyclic) bond motifs is 1. The van der Waals surface area contributed by atoms with Gasteiger partial charge in [-0.15, -0.1) is 0 Å². The summed E-state index contributed by atoms with van der Waals surface area (Å²) in [6, 6.07) is 13.8. The van der Waals surface area contributed by atoms with Crippen LogP contribution in [0, 0.1) is 25.2 Å². The molecule has 7 heteroatoms. The predicted octanol–water partition coefficient (Wildman–Crippen LogP) is 3.46. The number of hydrogen-bond donors (Lipinski definition) is 1. The summed E-state index contributed by atoms with van der Waals surface area (Å²) in [7, 11) is 0. The van der Waals surface area contributed by atoms with E-state index >= 15 is 0 Å². The molecular formula is C22H24N6O. The molecule has 0 aliphatic heterocycles. The van der Waals surface area contributed by atoms with E-state index in [4.69, 9.17) is 5.26 Å². The second kappa shape index (κ2) is 9.02. The Hall–Kier alpha value is -3.66. The number of imidazole rings is 1. The van der Waals surface area contributed by atoms with Crippen molar-refractivity contribution in [2.75, 3.05) is 18.0 Å². The van der Waals surface area contributed by atoms with Crippen LogP contribution in [0.5, 0.6) is 0 Å². The molecule has 148 valence electrons. The minimum absolute atomic E-state index is 0.305. The van der Waals surface area contributed by atoms with E-state index in [0.29, 0.717) is 24.4 Å². The van der Waals surface area contributed by atoms with Gasteiger partial charge in [-0.25, -0.2) is 10.4 Å². The molecule has 0 saturated heterocycles. The van der Waals surface area contributed by atoms with Gasteiger partial charge in [0.15, 0.2) is 0 Å². The molecule has 0 atom stereocenters. The van der Waals surface area contributed by atoms with Gasteiger partial charge in [-0.05, 0) is 56.2 Å². The maximum atomic E-state index is 12.6. The van der Waals surface area contributed by atoms with Crippen LogP contribution in [0.25, 0.3) is 5.65 Å². The van der Waals surface area contributed by atoms with Crippen LogP contribution in [0.15, 0.2) is 47.7 Å². The fourth-order valence-electron chi connectivity index (χ4n) is 3.26. The van der Waals surface area contributed by atoms with E-state index in [2.05, 4.69) is 39.5 Å². The van der Waals surface area contributed by atoms with E-state index in [1.165, 1.54) is 0 Å². The molecule has 0 spiro atoms. The molecule has 3 rings (SSSR count). The molecule has 3 aromatic rings. The van der Waals surface area contributed by atoms with Gasteiger partial charge in [-0.2, -0.15) is 10.4 Å². The smallest absolute Gasteiger partial charge is 0.290 e. The number of carbonyl (C=O) groups is 1. The molecule has 1 N–H and O–H groups in total. The summed E-state index contributed by atoms with van der Waals surface area (Å²) in [5, 5.41) is 12.9. The van der Waals surface area contributed by atoms with Crippen molar-refractivity contribution >= 4 is 23.5 Å². The molecule has 0 fully saturated rings. The van der Waals surface area contributed by atoms with Gasteiger partial charge in [-0.1, -0.05) is 12.1 Å². The third-order valence-electron chi connectivity index (χ3n) is 4.78. The first-order chi connectivity index (χ1) is 14.0. The Balaban J connectivity index is 1.72. The second-order valence-corrected chi connectivity index (χ2v) is 6.70. The number of pyridine rings is 1. The highest BCUT2D eigenvalue weighted by molar-refractivity contribution is 5.95. The molecule has 1 aromatic carbocycles. The summed E-state index contributed by atoms with van der Waals surface area (Å²) in [6.07, 6.45) is 3.94. The van der Waals surface area contributed by atoms with E-state index < -0.39 is 0 Å². The minimum atomic E-state index is -0.305. The maximum Gasteiger partial charge on any atom is 0.290 e. The van der Waals surface area contributed by atoms with Gasteiger partial charge in [0.2, 0.25) is 0 Å². The average molecular weight is 388 g/mol. The molecule has 0 saturated carbocycles. The number of benzene rings is 1. The SMILES string of the molecule is CCN(CCC#N)c1ccc(/C=N\NC(=O)c2c(C)nc3ccccn23)c(C)c1. The van der Waals surface area contributed by atoms with Crippen molar-refractivity contribution in [1.29, 1.82) is 5.26 Å². The molecule has 2 heterocycles. The van der Waals surface area contributed by atoms with Crippen LogP contribution in [-0.4, -0.2) is 34.6 Å². The third-order valence-corrected chi connectivity index (χ3v) is 4.78. The van der Waals surface area contributed by atoms with Crippen molar-refractivity contribution in [2.45, 2.75) is 27.2 Å². The Morgan fingerprint density at radius 2 is 2.17 bits per heavy atom. The van der Waals surface area contributed by atoms with Crippen molar-refractivity contribution in [3.05, 3.63) is 65.1 Å². The van der Waals surface area contributed by atoms with Gasteiger partial charge < -0.3 is 4.90 Å². The van der Waals surface area contributed by atoms with Crippen molar-refractivity contribution < 1.29 is 4.79 Å². The normalized spacial score (nSPS) is 11.0. The van der Waals surface area contributed by atoms with E-state index in [1.807, 2.05) is 43.5 Å². The summed E-state index contributed by atoms with van der Waals surface area (Å²) in [4.78, 5) is 19.1. The van der Waals surface area contributed by atoms with Gasteiger partial charge in [0.05, 0.1) is 24.4 Å². The number of hydrogen-bond acceptors (Lipinski definition) is 5. The largest absolute Gasteiger partial charge is 0.371 e. The van der Waals surface area contributed by atoms with Crippen LogP contribution < -0.4 is 10.3 Å². The fourth-order valence-corrected chi connectivity index (χ4v) is 3.26. The van der Waals surface area contributed by atoms with Crippen LogP contribution in [0.3, 0.4) is 0 Å². The molecule has 2 aromatic heterocycles. The van der Waals surface area contributed by atoms with Gasteiger partial charge in [0.1, 0.15) is 11.3 Å². The van der Waals surface area contributed by atoms with Crippen LogP contribution in [0.2, 0.25) is 0 Å². The van der Waals surface area contributed by atoms with Crippen molar-refractivity contribution in [2.24, 2.45) is 5.10 Å². The topological polar surface area (TPSA) is 85.8 Å². The molecule has 0 unspecified atom stereocenters. The zero-order valence-corrected chi connectivity index (χ0v) is 16.9. The number of nitriles is 1. The highest BCUT2D eigenvalue weighted by Crippen LogP contribution is 2.19. The van der Waals surface area contributed by atoms with Gasteiger partial charge in [-0.3, -0.25) is 9.20 Å². The Labute approximate surface area is 170 Å². The van der Waals surface area contributed by atoms with E-state index in [0.717, 1.165) is 29.0 Å². The summed E-state index contributed by atoms with van der Waals surface area (Å²) in [5.74, 6) is -0.305. The molecule has 7 nitrogen and oxygen atoms in total. The molecule has 0 aliphatic rings. The average Bonchev–Trinajstić information content (AvgIpc) is 3.05. The second-order valence-electron chi connectivity index (χ2n) is 6.70. The first-order valence-corrected chi connectivity index (χ1v) is 9.54. The maximum absolute atomic E-state index is 12.6. The van der Waals surface area contributed by atoms with Crippen LogP contribution in [0.1, 0.15) is 40.7 Å². The Morgan fingerprint density at radius 1 is 1.34 bits per heavy atom. The number of carbonyl (C=O) groups excluding carboxylic acids is 1. The highest BCUT2D eigenvalue weighted by Gasteiger charge is 2.15. The van der Waals surface area contributed by atoms with Crippen molar-refractivity contribution in [1.82, 2.24) is 14.8 Å². The lowest BCUT2D eigenvalue weighted by atomic mass is 10.1. The quantitative estimate of drug-likeness (QED) is 0.496. The number of aromatic nitrogens is 2. The van der Waals surface area contributed by atoms with Gasteiger partial charge in [0, 0.05) is 25.0 Å². The first kappa shape index (κ1) is 20.1. The Kier molecular flexibility index (Phi) is 6.25. The lowest BCUT2D eigenvalue weighted by Crippen LogP contribution is -2.23. The molecule has 29 heavy (non-hydrogen) atoms. The van der Waals surface area contributed by atoms with Crippen molar-refractivity contribution in [3.8, 4) is 6.07 Å². The molecule has 0 aliphatic carbocycles. The number of nitrogens with zero attached hydrogens (tertiary/aromatic N) is 5. The lowest BCUT2D eigenvalue weighted by molar-refractivity contribution is 0.0948. The van der Waals surface area contributed by atoms with Crippen LogP contribution in [0.4, 0.5) is 5.69 Å². The summed E-state index contributed by atoms with van der Waals surface area (Å²) in [5.41, 5.74) is 7.48. The fraction of sp³-hybridized carbons (Fsp3) is 0.273. The number of nitrogens with one attached hydrogen (secondary N) is 1. The summed E-state index contributed by atoms with van der Waals surface area (Å²) in [6.45, 7) is 7.41. The molecule has 0 bridgehead atoms. The summed E-state index contributed by atoms with van der Waals surface area (Å²) >= 11 is 0. The monoisotopic (exact) mass is 388 g/mol. The number of anilines is 1. The zero-order chi connectivity index (χ0) is 20.8. The predicted molar refractivity (Wildman–Crippen MR) is 114 cm³/mol. The Morgan fingerprint density at radius 3 is 2.90 bits per heavy atom. The highest BCUT2D eigenvalue weighted by atomic mass is 16.2. The van der Waals surface area contributed by atoms with E-state index in [1.54, 1.807) is 17.5 Å². The van der Waals surface area contributed by atoms with Crippen LogP contribution >= 0.6 is 0 Å². The molecular weight excluding hydrogens is 364 g/mol. The van der Waals surface area contributed by atoms with Gasteiger partial charge in [0.25, 0.3) is 5.91 Å². The van der Waals surface area contributed by atoms with Gasteiger partial charge >= 0.3 is 0 Å². The van der Waals surface area contributed by atoms with Crippen LogP contribution in [-0.2, 0) is 0 Å². The first-order valence-electron chi connectivity index (χ1n) is 9.54. The lowest BCUT2D eigenvalue weighted by Gasteiger charge is -2.22. The number of rotatable bonds is 7. The number of amides is 1. The third kappa shape index (κ3) is 4.43. The number of hydrazone groups is 1. The van der Waals surface area contributed by atoms with E-state index in [9.17, 15) is 4.79 Å². The zero-order valence-electron chi connectivity index (χ0n) is 16.9. The minimum Gasteiger partial charge on any atom is -0.371 e. The molecule has 0 radical (unpaired) electrons. The number of aryl methyl sites for hydroxylation is 2. The standard InChI is InChI=1S/C22H24N6O/c1-4-27(12-7-11-23)19-10-9-18(16(2)14-19)15-24-26-22(29)21-17(3)25-20-8-5-6-13-28(20)21/h5-6,8-10,13-15H,4,7,12H2,1-3H3,(H,26,29)/b24-15-. The summed E-state index contributed by atoms with van der Waals surface area (Å²) < 4.78 is 1.75. The molecule has 1 amide bonds. The van der Waals surface area contributed by atoms with Crippen molar-refractivity contribution in [3.63, 3.8) is 0 Å².